The first kappa shape index (κ1) is 17.5. The van der Waals surface area contributed by atoms with E-state index in [0.29, 0.717) is 5.75 Å². The van der Waals surface area contributed by atoms with Crippen LogP contribution in [0.1, 0.15) is 37.7 Å². The van der Waals surface area contributed by atoms with Crippen LogP contribution in [0.15, 0.2) is 28.7 Å². The number of halogens is 1. The quantitative estimate of drug-likeness (QED) is 0.622. The molecule has 1 aliphatic carbocycles. The lowest BCUT2D eigenvalue weighted by molar-refractivity contribution is -0.130. The number of benzene rings is 1. The fraction of sp³-hybridized carbons (Fsp3) is 0.412. The van der Waals surface area contributed by atoms with E-state index < -0.39 is 0 Å². The highest BCUT2D eigenvalue weighted by Crippen LogP contribution is 2.24. The Morgan fingerprint density at radius 2 is 1.96 bits per heavy atom. The maximum absolute atomic E-state index is 11.9. The van der Waals surface area contributed by atoms with Gasteiger partial charge in [0, 0.05) is 22.0 Å². The fourth-order valence-electron chi connectivity index (χ4n) is 2.63. The molecule has 2 amide bonds. The van der Waals surface area contributed by atoms with Crippen LogP contribution in [0.25, 0.3) is 6.08 Å². The van der Waals surface area contributed by atoms with Crippen molar-refractivity contribution >= 4 is 33.8 Å². The van der Waals surface area contributed by atoms with Crippen molar-refractivity contribution in [1.29, 1.82) is 0 Å². The van der Waals surface area contributed by atoms with E-state index in [-0.39, 0.29) is 17.7 Å². The van der Waals surface area contributed by atoms with E-state index in [2.05, 4.69) is 26.8 Å². The normalized spacial score (nSPS) is 15.4. The van der Waals surface area contributed by atoms with Crippen LogP contribution < -0.4 is 15.6 Å². The van der Waals surface area contributed by atoms with Crippen molar-refractivity contribution in [1.82, 2.24) is 10.9 Å². The summed E-state index contributed by atoms with van der Waals surface area (Å²) in [6.07, 6.45) is 8.15. The zero-order valence-electron chi connectivity index (χ0n) is 13.1. The van der Waals surface area contributed by atoms with Gasteiger partial charge < -0.3 is 4.74 Å². The van der Waals surface area contributed by atoms with Crippen LogP contribution >= 0.6 is 15.9 Å². The van der Waals surface area contributed by atoms with Gasteiger partial charge >= 0.3 is 0 Å². The summed E-state index contributed by atoms with van der Waals surface area (Å²) in [5, 5.41) is 0. The number of nitrogens with one attached hydrogen (secondary N) is 2. The summed E-state index contributed by atoms with van der Waals surface area (Å²) in [5.41, 5.74) is 5.70. The highest BCUT2D eigenvalue weighted by Gasteiger charge is 2.20. The van der Waals surface area contributed by atoms with Gasteiger partial charge in [-0.1, -0.05) is 35.2 Å². The van der Waals surface area contributed by atoms with Crippen molar-refractivity contribution in [2.24, 2.45) is 5.92 Å². The molecule has 0 aromatic heterocycles. The second kappa shape index (κ2) is 8.72. The molecule has 1 aromatic carbocycles. The Bertz CT molecular complexity index is 596. The molecule has 23 heavy (non-hydrogen) atoms. The van der Waals surface area contributed by atoms with E-state index in [1.807, 2.05) is 18.2 Å². The first-order valence-electron chi connectivity index (χ1n) is 7.71. The molecule has 0 atom stereocenters. The summed E-state index contributed by atoms with van der Waals surface area (Å²) in [6, 6.07) is 5.52. The van der Waals surface area contributed by atoms with Crippen molar-refractivity contribution in [3.05, 3.63) is 34.3 Å². The topological polar surface area (TPSA) is 67.4 Å². The van der Waals surface area contributed by atoms with Gasteiger partial charge in [-0.2, -0.15) is 0 Å². The predicted molar refractivity (Wildman–Crippen MR) is 92.6 cm³/mol. The van der Waals surface area contributed by atoms with Crippen molar-refractivity contribution < 1.29 is 14.3 Å². The first-order chi connectivity index (χ1) is 11.1. The molecular weight excluding hydrogens is 360 g/mol. The number of ether oxygens (including phenoxy) is 1. The lowest BCUT2D eigenvalue weighted by atomic mass is 9.89. The molecule has 1 fully saturated rings. The zero-order chi connectivity index (χ0) is 16.7. The van der Waals surface area contributed by atoms with Crippen molar-refractivity contribution in [2.75, 3.05) is 7.11 Å². The fourth-order valence-corrected chi connectivity index (χ4v) is 3.01. The second-order valence-corrected chi connectivity index (χ2v) is 6.45. The molecule has 0 saturated heterocycles. The van der Waals surface area contributed by atoms with Crippen LogP contribution in [0.3, 0.4) is 0 Å². The third kappa shape index (κ3) is 5.39. The van der Waals surface area contributed by atoms with Crippen LogP contribution in [0, 0.1) is 5.92 Å². The maximum atomic E-state index is 11.9. The molecule has 2 rings (SSSR count). The Kier molecular flexibility index (Phi) is 6.65. The van der Waals surface area contributed by atoms with Gasteiger partial charge in [0.05, 0.1) is 7.11 Å². The Hall–Kier alpha value is -1.82. The molecule has 0 spiro atoms. The summed E-state index contributed by atoms with van der Waals surface area (Å²) in [7, 11) is 1.57. The molecule has 0 heterocycles. The lowest BCUT2D eigenvalue weighted by Crippen LogP contribution is -2.44. The minimum atomic E-state index is -0.379. The number of amides is 2. The van der Waals surface area contributed by atoms with Crippen LogP contribution in [-0.2, 0) is 9.59 Å². The zero-order valence-corrected chi connectivity index (χ0v) is 14.7. The number of hydrogen-bond acceptors (Lipinski definition) is 3. The smallest absolute Gasteiger partial charge is 0.262 e. The summed E-state index contributed by atoms with van der Waals surface area (Å²) in [4.78, 5) is 23.8. The van der Waals surface area contributed by atoms with E-state index in [4.69, 9.17) is 4.74 Å². The molecule has 5 nitrogen and oxygen atoms in total. The largest absolute Gasteiger partial charge is 0.496 e. The molecule has 2 N–H and O–H groups in total. The van der Waals surface area contributed by atoms with Gasteiger partial charge in [0.15, 0.2) is 0 Å². The number of carbonyl (C=O) groups is 2. The van der Waals surface area contributed by atoms with E-state index in [9.17, 15) is 9.59 Å². The van der Waals surface area contributed by atoms with Gasteiger partial charge in [-0.3, -0.25) is 20.4 Å². The van der Waals surface area contributed by atoms with Gasteiger partial charge in [0.25, 0.3) is 5.91 Å². The number of carbonyl (C=O) groups excluding carboxylic acids is 2. The number of methoxy groups -OCH3 is 1. The van der Waals surface area contributed by atoms with Gasteiger partial charge in [-0.25, -0.2) is 0 Å². The summed E-state index contributed by atoms with van der Waals surface area (Å²) >= 11 is 3.38. The molecule has 1 aliphatic rings. The van der Waals surface area contributed by atoms with E-state index >= 15 is 0 Å². The first-order valence-corrected chi connectivity index (χ1v) is 8.51. The van der Waals surface area contributed by atoms with Gasteiger partial charge in [0.1, 0.15) is 5.75 Å². The van der Waals surface area contributed by atoms with Crippen molar-refractivity contribution in [2.45, 2.75) is 32.1 Å². The average Bonchev–Trinajstić information content (AvgIpc) is 2.58. The van der Waals surface area contributed by atoms with E-state index in [1.54, 1.807) is 13.2 Å². The lowest BCUT2D eigenvalue weighted by Gasteiger charge is -2.20. The Morgan fingerprint density at radius 1 is 1.22 bits per heavy atom. The monoisotopic (exact) mass is 380 g/mol. The summed E-state index contributed by atoms with van der Waals surface area (Å²) in [5.74, 6) is 0.198. The molecule has 0 aliphatic heterocycles. The second-order valence-electron chi connectivity index (χ2n) is 5.53. The summed E-state index contributed by atoms with van der Waals surface area (Å²) in [6.45, 7) is 0. The highest BCUT2D eigenvalue weighted by molar-refractivity contribution is 9.10. The maximum Gasteiger partial charge on any atom is 0.262 e. The SMILES string of the molecule is COc1ccc(Br)cc1/C=C/C(=O)NNC(=O)C1CCCCC1. The Morgan fingerprint density at radius 3 is 2.65 bits per heavy atom. The van der Waals surface area contributed by atoms with Gasteiger partial charge in [-0.05, 0) is 37.1 Å². The molecule has 1 aromatic rings. The third-order valence-corrected chi connectivity index (χ3v) is 4.38. The summed E-state index contributed by atoms with van der Waals surface area (Å²) < 4.78 is 6.13. The minimum Gasteiger partial charge on any atom is -0.496 e. The molecular formula is C17H21BrN2O3. The van der Waals surface area contributed by atoms with Gasteiger partial charge in [-0.15, -0.1) is 0 Å². The van der Waals surface area contributed by atoms with Crippen LogP contribution in [0.2, 0.25) is 0 Å². The highest BCUT2D eigenvalue weighted by atomic mass is 79.9. The van der Waals surface area contributed by atoms with Crippen molar-refractivity contribution in [3.63, 3.8) is 0 Å². The van der Waals surface area contributed by atoms with Crippen LogP contribution in [0.4, 0.5) is 0 Å². The molecule has 1 saturated carbocycles. The van der Waals surface area contributed by atoms with Crippen LogP contribution in [-0.4, -0.2) is 18.9 Å². The predicted octanol–water partition coefficient (Wildman–Crippen LogP) is 3.20. The molecule has 124 valence electrons. The molecule has 0 bridgehead atoms. The standard InChI is InChI=1S/C17H21BrN2O3/c1-23-15-9-8-14(18)11-13(15)7-10-16(21)19-20-17(22)12-5-3-2-4-6-12/h7-12H,2-6H2,1H3,(H,19,21)(H,20,22)/b10-7+. The molecule has 0 radical (unpaired) electrons. The number of rotatable bonds is 4. The number of hydrazine groups is 1. The van der Waals surface area contributed by atoms with E-state index in [1.165, 1.54) is 12.5 Å². The number of hydrogen-bond donors (Lipinski definition) is 2. The molecule has 0 unspecified atom stereocenters. The molecule has 6 heteroatoms. The Labute approximate surface area is 144 Å². The van der Waals surface area contributed by atoms with Crippen LogP contribution in [0.5, 0.6) is 5.75 Å². The van der Waals surface area contributed by atoms with Gasteiger partial charge in [0.2, 0.25) is 5.91 Å². The minimum absolute atomic E-state index is 0.0122. The van der Waals surface area contributed by atoms with Crippen molar-refractivity contribution in [3.8, 4) is 5.75 Å². The third-order valence-electron chi connectivity index (χ3n) is 3.89. The average molecular weight is 381 g/mol. The van der Waals surface area contributed by atoms with E-state index in [0.717, 1.165) is 35.7 Å². The Balaban J connectivity index is 1.86.